The van der Waals surface area contributed by atoms with Crippen molar-refractivity contribution in [2.24, 2.45) is 0 Å². The third kappa shape index (κ3) is 4.37. The van der Waals surface area contributed by atoms with Crippen LogP contribution in [0.4, 0.5) is 5.82 Å². The topological polar surface area (TPSA) is 65.5 Å². The van der Waals surface area contributed by atoms with Crippen molar-refractivity contribution >= 4 is 15.8 Å². The van der Waals surface area contributed by atoms with Crippen molar-refractivity contribution in [1.82, 2.24) is 14.2 Å². The van der Waals surface area contributed by atoms with E-state index in [9.17, 15) is 8.42 Å². The van der Waals surface area contributed by atoms with E-state index < -0.39 is 10.0 Å². The lowest BCUT2D eigenvalue weighted by atomic mass is 10.1. The van der Waals surface area contributed by atoms with Crippen LogP contribution < -0.4 is 5.32 Å². The number of nitrogens with zero attached hydrogens (tertiary/aromatic N) is 3. The van der Waals surface area contributed by atoms with Gasteiger partial charge in [0.25, 0.3) is 0 Å². The van der Waals surface area contributed by atoms with Crippen LogP contribution in [0, 0.1) is 0 Å². The number of nitrogens with one attached hydrogen (secondary N) is 1. The third-order valence-electron chi connectivity index (χ3n) is 5.60. The van der Waals surface area contributed by atoms with Gasteiger partial charge >= 0.3 is 0 Å². The number of benzene rings is 1. The van der Waals surface area contributed by atoms with Gasteiger partial charge in [-0.15, -0.1) is 0 Å². The van der Waals surface area contributed by atoms with Gasteiger partial charge in [-0.05, 0) is 56.5 Å². The first-order valence-electron chi connectivity index (χ1n) is 10.1. The second-order valence-electron chi connectivity index (χ2n) is 7.61. The van der Waals surface area contributed by atoms with Crippen LogP contribution in [0.15, 0.2) is 53.6 Å². The van der Waals surface area contributed by atoms with Crippen molar-refractivity contribution in [3.8, 4) is 0 Å². The minimum Gasteiger partial charge on any atom is -0.362 e. The number of rotatable bonds is 7. The lowest BCUT2D eigenvalue weighted by Gasteiger charge is -2.25. The van der Waals surface area contributed by atoms with Gasteiger partial charge in [0.1, 0.15) is 10.7 Å². The average Bonchev–Trinajstić information content (AvgIpc) is 3.43. The van der Waals surface area contributed by atoms with E-state index in [-0.39, 0.29) is 10.9 Å². The molecule has 1 N–H and O–H groups in total. The first-order valence-corrected chi connectivity index (χ1v) is 11.6. The zero-order valence-electron chi connectivity index (χ0n) is 16.1. The smallest absolute Gasteiger partial charge is 0.244 e. The molecule has 0 spiro atoms. The molecule has 1 aromatic carbocycles. The van der Waals surface area contributed by atoms with Crippen molar-refractivity contribution < 1.29 is 8.42 Å². The monoisotopic (exact) mass is 400 g/mol. The van der Waals surface area contributed by atoms with Crippen LogP contribution in [0.5, 0.6) is 0 Å². The molecule has 3 heterocycles. The molecule has 2 saturated heterocycles. The predicted octanol–water partition coefficient (Wildman–Crippen LogP) is 3.12. The summed E-state index contributed by atoms with van der Waals surface area (Å²) in [4.78, 5) is 7.16. The summed E-state index contributed by atoms with van der Waals surface area (Å²) < 4.78 is 26.9. The molecule has 6 nitrogen and oxygen atoms in total. The fraction of sp³-hybridized carbons (Fsp3) is 0.476. The molecule has 1 atom stereocenters. The number of sulfonamides is 1. The zero-order chi connectivity index (χ0) is 19.4. The van der Waals surface area contributed by atoms with Gasteiger partial charge in [-0.1, -0.05) is 30.3 Å². The Morgan fingerprint density at radius 3 is 2.25 bits per heavy atom. The van der Waals surface area contributed by atoms with Crippen molar-refractivity contribution in [2.75, 3.05) is 38.0 Å². The third-order valence-corrected chi connectivity index (χ3v) is 7.48. The molecular formula is C21H28N4O2S. The number of anilines is 1. The second kappa shape index (κ2) is 8.59. The molecule has 2 aromatic rings. The van der Waals surface area contributed by atoms with Crippen molar-refractivity contribution in [1.29, 1.82) is 0 Å². The highest BCUT2D eigenvalue weighted by atomic mass is 32.2. The van der Waals surface area contributed by atoms with Gasteiger partial charge in [-0.25, -0.2) is 13.4 Å². The molecule has 2 aliphatic rings. The number of pyridine rings is 1. The molecule has 4 rings (SSSR count). The molecule has 2 aliphatic heterocycles. The van der Waals surface area contributed by atoms with Crippen LogP contribution in [0.2, 0.25) is 0 Å². The highest BCUT2D eigenvalue weighted by molar-refractivity contribution is 7.89. The van der Waals surface area contributed by atoms with E-state index in [0.29, 0.717) is 18.9 Å². The maximum absolute atomic E-state index is 12.7. The summed E-state index contributed by atoms with van der Waals surface area (Å²) in [5.74, 6) is 0.702. The molecule has 7 heteroatoms. The largest absolute Gasteiger partial charge is 0.362 e. The minimum atomic E-state index is -3.42. The number of aromatic nitrogens is 1. The molecule has 0 bridgehead atoms. The molecule has 2 fully saturated rings. The first-order chi connectivity index (χ1) is 13.6. The molecule has 150 valence electrons. The maximum atomic E-state index is 12.7. The molecular weight excluding hydrogens is 372 g/mol. The first kappa shape index (κ1) is 19.4. The number of hydrogen-bond acceptors (Lipinski definition) is 5. The summed E-state index contributed by atoms with van der Waals surface area (Å²) in [6, 6.07) is 13.9. The van der Waals surface area contributed by atoms with Gasteiger partial charge in [0.2, 0.25) is 10.0 Å². The summed E-state index contributed by atoms with van der Waals surface area (Å²) in [6.45, 7) is 4.39. The Morgan fingerprint density at radius 2 is 1.61 bits per heavy atom. The van der Waals surface area contributed by atoms with Crippen molar-refractivity contribution in [3.05, 3.63) is 54.2 Å². The van der Waals surface area contributed by atoms with Gasteiger partial charge in [0, 0.05) is 25.8 Å². The van der Waals surface area contributed by atoms with Crippen molar-refractivity contribution in [3.63, 3.8) is 0 Å². The van der Waals surface area contributed by atoms with E-state index in [4.69, 9.17) is 0 Å². The Balaban J connectivity index is 1.50. The van der Waals surface area contributed by atoms with Crippen LogP contribution in [0.1, 0.15) is 37.3 Å². The Kier molecular flexibility index (Phi) is 5.94. The zero-order valence-corrected chi connectivity index (χ0v) is 16.9. The summed E-state index contributed by atoms with van der Waals surface area (Å²) in [5.41, 5.74) is 1.21. The molecule has 0 aliphatic carbocycles. The van der Waals surface area contributed by atoms with E-state index in [1.54, 1.807) is 16.4 Å². The maximum Gasteiger partial charge on any atom is 0.244 e. The van der Waals surface area contributed by atoms with Gasteiger partial charge < -0.3 is 10.2 Å². The van der Waals surface area contributed by atoms with Crippen LogP contribution in [-0.4, -0.2) is 55.3 Å². The Morgan fingerprint density at radius 1 is 0.929 bits per heavy atom. The van der Waals surface area contributed by atoms with Crippen LogP contribution >= 0.6 is 0 Å². The Labute approximate surface area is 167 Å². The summed E-state index contributed by atoms with van der Waals surface area (Å²) in [5, 5.41) is 3.51. The number of hydrogen-bond donors (Lipinski definition) is 1. The summed E-state index contributed by atoms with van der Waals surface area (Å²) >= 11 is 0. The lowest BCUT2D eigenvalue weighted by molar-refractivity contribution is 0.323. The van der Waals surface area contributed by atoms with Gasteiger partial charge in [0.05, 0.1) is 6.04 Å². The van der Waals surface area contributed by atoms with E-state index in [1.807, 2.05) is 18.2 Å². The van der Waals surface area contributed by atoms with Crippen LogP contribution in [0.25, 0.3) is 0 Å². The highest BCUT2D eigenvalue weighted by Crippen LogP contribution is 2.24. The predicted molar refractivity (Wildman–Crippen MR) is 111 cm³/mol. The highest BCUT2D eigenvalue weighted by Gasteiger charge is 2.27. The molecule has 1 aromatic heterocycles. The SMILES string of the molecule is O=S(=O)(c1ccc(NC(CN2CCCC2)c2ccccc2)nc1)N1CCCC1. The lowest BCUT2D eigenvalue weighted by Crippen LogP contribution is -2.30. The quantitative estimate of drug-likeness (QED) is 0.774. The van der Waals surface area contributed by atoms with E-state index in [0.717, 1.165) is 32.5 Å². The summed E-state index contributed by atoms with van der Waals surface area (Å²) in [6.07, 6.45) is 5.85. The van der Waals surface area contributed by atoms with Crippen LogP contribution in [0.3, 0.4) is 0 Å². The van der Waals surface area contributed by atoms with E-state index in [2.05, 4.69) is 27.3 Å². The Bertz CT molecular complexity index is 859. The van der Waals surface area contributed by atoms with Gasteiger partial charge in [-0.3, -0.25) is 0 Å². The summed E-state index contributed by atoms with van der Waals surface area (Å²) in [7, 11) is -3.42. The molecule has 1 unspecified atom stereocenters. The van der Waals surface area contributed by atoms with E-state index >= 15 is 0 Å². The fourth-order valence-corrected chi connectivity index (χ4v) is 5.48. The van der Waals surface area contributed by atoms with Crippen LogP contribution in [-0.2, 0) is 10.0 Å². The minimum absolute atomic E-state index is 0.118. The number of likely N-dealkylation sites (tertiary alicyclic amines) is 1. The van der Waals surface area contributed by atoms with E-state index in [1.165, 1.54) is 24.6 Å². The van der Waals surface area contributed by atoms with Crippen molar-refractivity contribution in [2.45, 2.75) is 36.6 Å². The normalized spacial score (nSPS) is 19.7. The Hall–Kier alpha value is -1.96. The molecule has 0 amide bonds. The fourth-order valence-electron chi connectivity index (χ4n) is 4.02. The standard InChI is InChI=1S/C21H28N4O2S/c26-28(27,25-14-6-7-15-25)19-10-11-21(22-16-19)23-20(17-24-12-4-5-13-24)18-8-2-1-3-9-18/h1-3,8-11,16,20H,4-7,12-15,17H2,(H,22,23). The molecule has 0 saturated carbocycles. The molecule has 28 heavy (non-hydrogen) atoms. The average molecular weight is 401 g/mol. The van der Waals surface area contributed by atoms with Gasteiger partial charge in [0.15, 0.2) is 0 Å². The second-order valence-corrected chi connectivity index (χ2v) is 9.54. The van der Waals surface area contributed by atoms with Gasteiger partial charge in [-0.2, -0.15) is 4.31 Å². The molecule has 0 radical (unpaired) electrons.